The van der Waals surface area contributed by atoms with Gasteiger partial charge in [0.2, 0.25) is 0 Å². The molecule has 2 nitrogen and oxygen atoms in total. The Morgan fingerprint density at radius 1 is 1.40 bits per heavy atom. The first-order valence-electron chi connectivity index (χ1n) is 5.15. The lowest BCUT2D eigenvalue weighted by Gasteiger charge is -2.07. The first kappa shape index (κ1) is 11.5. The van der Waals surface area contributed by atoms with Crippen molar-refractivity contribution < 1.29 is 9.53 Å². The quantitative estimate of drug-likeness (QED) is 0.705. The summed E-state index contributed by atoms with van der Waals surface area (Å²) in [6, 6.07) is 9.93. The second-order valence-corrected chi connectivity index (χ2v) is 3.32. The van der Waals surface area contributed by atoms with Gasteiger partial charge in [-0.05, 0) is 18.6 Å². The maximum absolute atomic E-state index is 11.0. The van der Waals surface area contributed by atoms with Crippen LogP contribution in [0.25, 0.3) is 6.08 Å². The lowest BCUT2D eigenvalue weighted by molar-refractivity contribution is -0.145. The smallest absolute Gasteiger partial charge is 0.306 e. The van der Waals surface area contributed by atoms with Crippen molar-refractivity contribution in [2.75, 3.05) is 0 Å². The molecule has 1 rings (SSSR count). The predicted octanol–water partition coefficient (Wildman–Crippen LogP) is 3.04. The summed E-state index contributed by atoms with van der Waals surface area (Å²) in [5.41, 5.74) is 1.11. The Hall–Kier alpha value is -1.57. The molecule has 1 unspecified atom stereocenters. The molecule has 0 aliphatic carbocycles. The van der Waals surface area contributed by atoms with Gasteiger partial charge in [0, 0.05) is 6.42 Å². The molecule has 0 fully saturated rings. The van der Waals surface area contributed by atoms with Crippen LogP contribution in [0, 0.1) is 0 Å². The van der Waals surface area contributed by atoms with Crippen molar-refractivity contribution in [2.24, 2.45) is 0 Å². The molecule has 0 aliphatic heterocycles. The Morgan fingerprint density at radius 3 is 2.67 bits per heavy atom. The Kier molecular flexibility index (Phi) is 4.61. The van der Waals surface area contributed by atoms with E-state index in [1.807, 2.05) is 49.4 Å². The molecule has 1 aromatic rings. The van der Waals surface area contributed by atoms with Gasteiger partial charge in [0.25, 0.3) is 0 Å². The first-order valence-corrected chi connectivity index (χ1v) is 5.15. The minimum Gasteiger partial charge on any atom is -0.458 e. The molecule has 0 bridgehead atoms. The molecule has 0 aromatic heterocycles. The second kappa shape index (κ2) is 6.02. The van der Waals surface area contributed by atoms with E-state index in [9.17, 15) is 4.79 Å². The van der Waals surface area contributed by atoms with Gasteiger partial charge in [0.15, 0.2) is 0 Å². The van der Waals surface area contributed by atoms with Crippen molar-refractivity contribution in [3.63, 3.8) is 0 Å². The summed E-state index contributed by atoms with van der Waals surface area (Å²) in [7, 11) is 0. The highest BCUT2D eigenvalue weighted by atomic mass is 16.5. The van der Waals surface area contributed by atoms with Crippen molar-refractivity contribution in [2.45, 2.75) is 26.4 Å². The van der Waals surface area contributed by atoms with E-state index in [-0.39, 0.29) is 12.1 Å². The topological polar surface area (TPSA) is 26.3 Å². The average Bonchev–Trinajstić information content (AvgIpc) is 2.27. The van der Waals surface area contributed by atoms with Gasteiger partial charge >= 0.3 is 5.97 Å². The summed E-state index contributed by atoms with van der Waals surface area (Å²) >= 11 is 0. The summed E-state index contributed by atoms with van der Waals surface area (Å²) in [4.78, 5) is 11.0. The van der Waals surface area contributed by atoms with Gasteiger partial charge in [-0.25, -0.2) is 0 Å². The molecular formula is C13H16O2. The fourth-order valence-electron chi connectivity index (χ4n) is 1.14. The zero-order valence-corrected chi connectivity index (χ0v) is 9.14. The molecule has 0 aliphatic rings. The SMILES string of the molecule is CCC(=O)OC(C)C=Cc1ccccc1. The fourth-order valence-corrected chi connectivity index (χ4v) is 1.14. The highest BCUT2D eigenvalue weighted by molar-refractivity contribution is 5.69. The van der Waals surface area contributed by atoms with E-state index in [0.717, 1.165) is 5.56 Å². The number of benzene rings is 1. The molecule has 1 atom stereocenters. The van der Waals surface area contributed by atoms with E-state index in [0.29, 0.717) is 6.42 Å². The third-order valence-corrected chi connectivity index (χ3v) is 1.97. The van der Waals surface area contributed by atoms with Crippen LogP contribution >= 0.6 is 0 Å². The van der Waals surface area contributed by atoms with E-state index in [1.54, 1.807) is 6.92 Å². The summed E-state index contributed by atoms with van der Waals surface area (Å²) in [5, 5.41) is 0. The van der Waals surface area contributed by atoms with Crippen LogP contribution in [0.15, 0.2) is 36.4 Å². The fraction of sp³-hybridized carbons (Fsp3) is 0.308. The molecule has 0 heterocycles. The van der Waals surface area contributed by atoms with E-state index in [4.69, 9.17) is 4.74 Å². The number of esters is 1. The van der Waals surface area contributed by atoms with Gasteiger partial charge in [0.1, 0.15) is 6.10 Å². The van der Waals surface area contributed by atoms with Gasteiger partial charge in [0.05, 0.1) is 0 Å². The van der Waals surface area contributed by atoms with Gasteiger partial charge in [-0.3, -0.25) is 4.79 Å². The second-order valence-electron chi connectivity index (χ2n) is 3.32. The maximum atomic E-state index is 11.0. The number of carbonyl (C=O) groups excluding carboxylic acids is 1. The zero-order valence-electron chi connectivity index (χ0n) is 9.14. The van der Waals surface area contributed by atoms with Crippen LogP contribution in [0.3, 0.4) is 0 Å². The minimum atomic E-state index is -0.169. The number of ether oxygens (including phenoxy) is 1. The average molecular weight is 204 g/mol. The maximum Gasteiger partial charge on any atom is 0.306 e. The predicted molar refractivity (Wildman–Crippen MR) is 61.3 cm³/mol. The Labute approximate surface area is 90.6 Å². The highest BCUT2D eigenvalue weighted by Gasteiger charge is 2.02. The van der Waals surface area contributed by atoms with Gasteiger partial charge in [-0.1, -0.05) is 43.3 Å². The number of rotatable bonds is 4. The molecule has 0 saturated heterocycles. The van der Waals surface area contributed by atoms with E-state index in [2.05, 4.69) is 0 Å². The van der Waals surface area contributed by atoms with Crippen molar-refractivity contribution >= 4 is 12.0 Å². The van der Waals surface area contributed by atoms with Crippen molar-refractivity contribution in [3.05, 3.63) is 42.0 Å². The van der Waals surface area contributed by atoms with Gasteiger partial charge in [-0.2, -0.15) is 0 Å². The lowest BCUT2D eigenvalue weighted by Crippen LogP contribution is -2.10. The van der Waals surface area contributed by atoms with Crippen molar-refractivity contribution in [3.8, 4) is 0 Å². The van der Waals surface area contributed by atoms with Crippen LogP contribution in [0.4, 0.5) is 0 Å². The van der Waals surface area contributed by atoms with Gasteiger partial charge < -0.3 is 4.74 Å². The summed E-state index contributed by atoms with van der Waals surface area (Å²) in [6.07, 6.45) is 4.08. The number of hydrogen-bond acceptors (Lipinski definition) is 2. The Morgan fingerprint density at radius 2 is 2.07 bits per heavy atom. The lowest BCUT2D eigenvalue weighted by atomic mass is 10.2. The molecule has 80 valence electrons. The number of carbonyl (C=O) groups is 1. The molecule has 0 amide bonds. The van der Waals surface area contributed by atoms with Crippen molar-refractivity contribution in [1.82, 2.24) is 0 Å². The standard InChI is InChI=1S/C13H16O2/c1-3-13(14)15-11(2)9-10-12-7-5-4-6-8-12/h4-11H,3H2,1-2H3. The molecule has 1 aromatic carbocycles. The van der Waals surface area contributed by atoms with E-state index >= 15 is 0 Å². The van der Waals surface area contributed by atoms with Crippen LogP contribution < -0.4 is 0 Å². The van der Waals surface area contributed by atoms with Gasteiger partial charge in [-0.15, -0.1) is 0 Å². The third-order valence-electron chi connectivity index (χ3n) is 1.97. The minimum absolute atomic E-state index is 0.166. The molecular weight excluding hydrogens is 188 g/mol. The van der Waals surface area contributed by atoms with Crippen LogP contribution in [0.1, 0.15) is 25.8 Å². The van der Waals surface area contributed by atoms with Crippen LogP contribution in [-0.2, 0) is 9.53 Å². The Bertz CT molecular complexity index is 328. The summed E-state index contributed by atoms with van der Waals surface area (Å²) < 4.78 is 5.10. The van der Waals surface area contributed by atoms with Crippen LogP contribution in [0.2, 0.25) is 0 Å². The highest BCUT2D eigenvalue weighted by Crippen LogP contribution is 2.04. The van der Waals surface area contributed by atoms with Crippen molar-refractivity contribution in [1.29, 1.82) is 0 Å². The summed E-state index contributed by atoms with van der Waals surface area (Å²) in [6.45, 7) is 3.64. The molecule has 15 heavy (non-hydrogen) atoms. The van der Waals surface area contributed by atoms with Crippen LogP contribution in [-0.4, -0.2) is 12.1 Å². The first-order chi connectivity index (χ1) is 7.22. The Balaban J connectivity index is 2.47. The molecule has 0 radical (unpaired) electrons. The molecule has 0 spiro atoms. The van der Waals surface area contributed by atoms with E-state index < -0.39 is 0 Å². The summed E-state index contributed by atoms with van der Waals surface area (Å²) in [5.74, 6) is -0.166. The monoisotopic (exact) mass is 204 g/mol. The molecule has 0 N–H and O–H groups in total. The van der Waals surface area contributed by atoms with E-state index in [1.165, 1.54) is 0 Å². The number of hydrogen-bond donors (Lipinski definition) is 0. The van der Waals surface area contributed by atoms with Crippen LogP contribution in [0.5, 0.6) is 0 Å². The zero-order chi connectivity index (χ0) is 11.1. The molecule has 0 saturated carbocycles. The largest absolute Gasteiger partial charge is 0.458 e. The third kappa shape index (κ3) is 4.45. The molecule has 2 heteroatoms. The normalized spacial score (nSPS) is 12.7.